The van der Waals surface area contributed by atoms with Crippen LogP contribution in [0.2, 0.25) is 0 Å². The normalized spacial score (nSPS) is 28.9. The standard InChI is InChI=1S/C17H18O11/c1-24-15-12(7(3-2-4-18)5-8-13(15)26-6-25-8)27-17-11(21)9(19)10(20)14(28-17)16(22)23/h2-5,9-11,14,17,19-21H,6H2,1H3,(H,22,23). The number of carboxylic acids is 1. The molecule has 0 bridgehead atoms. The summed E-state index contributed by atoms with van der Waals surface area (Å²) in [4.78, 5) is 22.0. The van der Waals surface area contributed by atoms with Crippen molar-refractivity contribution in [1.29, 1.82) is 0 Å². The third-order valence-corrected chi connectivity index (χ3v) is 4.21. The van der Waals surface area contributed by atoms with E-state index in [0.29, 0.717) is 12.0 Å². The van der Waals surface area contributed by atoms with E-state index in [2.05, 4.69) is 0 Å². The van der Waals surface area contributed by atoms with Crippen LogP contribution in [0.25, 0.3) is 6.08 Å². The number of carboxylic acid groups (broad SMARTS) is 1. The van der Waals surface area contributed by atoms with Gasteiger partial charge in [0.25, 0.3) is 0 Å². The van der Waals surface area contributed by atoms with Crippen LogP contribution in [0.5, 0.6) is 23.0 Å². The Morgan fingerprint density at radius 1 is 1.18 bits per heavy atom. The molecule has 0 aliphatic carbocycles. The second-order valence-electron chi connectivity index (χ2n) is 5.91. The van der Waals surface area contributed by atoms with Crippen molar-refractivity contribution in [3.63, 3.8) is 0 Å². The number of hydrogen-bond acceptors (Lipinski definition) is 10. The minimum atomic E-state index is -1.86. The molecule has 0 aromatic heterocycles. The van der Waals surface area contributed by atoms with Gasteiger partial charge in [-0.1, -0.05) is 0 Å². The molecule has 1 saturated heterocycles. The lowest BCUT2D eigenvalue weighted by Crippen LogP contribution is -2.61. The van der Waals surface area contributed by atoms with Gasteiger partial charge in [-0.15, -0.1) is 0 Å². The van der Waals surface area contributed by atoms with Crippen molar-refractivity contribution in [1.82, 2.24) is 0 Å². The van der Waals surface area contributed by atoms with E-state index in [1.165, 1.54) is 25.3 Å². The predicted molar refractivity (Wildman–Crippen MR) is 89.2 cm³/mol. The van der Waals surface area contributed by atoms with Gasteiger partial charge in [-0.05, 0) is 18.2 Å². The first-order valence-electron chi connectivity index (χ1n) is 8.10. The molecule has 2 aliphatic heterocycles. The van der Waals surface area contributed by atoms with Crippen LogP contribution in [0.15, 0.2) is 12.1 Å². The SMILES string of the molecule is COc1c(OC2OC(C(=O)O)C(O)C(O)C2O)c(C=CC=O)cc2c1OCO2. The molecule has 3 rings (SSSR count). The lowest BCUT2D eigenvalue weighted by atomic mass is 9.99. The van der Waals surface area contributed by atoms with E-state index in [9.17, 15) is 24.9 Å². The summed E-state index contributed by atoms with van der Waals surface area (Å²) in [5.74, 6) is -1.05. The van der Waals surface area contributed by atoms with Gasteiger partial charge in [-0.25, -0.2) is 4.79 Å². The fourth-order valence-electron chi connectivity index (χ4n) is 2.85. The maximum Gasteiger partial charge on any atom is 0.335 e. The summed E-state index contributed by atoms with van der Waals surface area (Å²) in [6, 6.07) is 1.48. The molecule has 1 aromatic rings. The highest BCUT2D eigenvalue weighted by Crippen LogP contribution is 2.50. The van der Waals surface area contributed by atoms with Crippen molar-refractivity contribution in [2.45, 2.75) is 30.7 Å². The Labute approximate surface area is 158 Å². The Kier molecular flexibility index (Phi) is 5.70. The van der Waals surface area contributed by atoms with E-state index in [0.717, 1.165) is 0 Å². The van der Waals surface area contributed by atoms with Gasteiger partial charge in [0.05, 0.1) is 7.11 Å². The lowest BCUT2D eigenvalue weighted by Gasteiger charge is -2.38. The van der Waals surface area contributed by atoms with Crippen molar-refractivity contribution < 1.29 is 53.7 Å². The minimum Gasteiger partial charge on any atom is -0.490 e. The largest absolute Gasteiger partial charge is 0.490 e. The number of rotatable bonds is 6. The molecule has 11 nitrogen and oxygen atoms in total. The van der Waals surface area contributed by atoms with E-state index in [1.54, 1.807) is 0 Å². The molecule has 5 atom stereocenters. The summed E-state index contributed by atoms with van der Waals surface area (Å²) in [5, 5.41) is 39.0. The summed E-state index contributed by atoms with van der Waals surface area (Å²) < 4.78 is 26.6. The first-order chi connectivity index (χ1) is 13.4. The quantitative estimate of drug-likeness (QED) is 0.340. The molecule has 11 heteroatoms. The maximum atomic E-state index is 11.3. The molecule has 1 fully saturated rings. The van der Waals surface area contributed by atoms with Crippen LogP contribution >= 0.6 is 0 Å². The highest BCUT2D eigenvalue weighted by molar-refractivity contribution is 5.79. The number of carbonyl (C=O) groups excluding carboxylic acids is 1. The van der Waals surface area contributed by atoms with Gasteiger partial charge in [-0.3, -0.25) is 4.79 Å². The van der Waals surface area contributed by atoms with Crippen LogP contribution in [-0.4, -0.2) is 77.3 Å². The number of aliphatic carboxylic acids is 1. The average molecular weight is 398 g/mol. The Balaban J connectivity index is 2.01. The van der Waals surface area contributed by atoms with Gasteiger partial charge < -0.3 is 44.1 Å². The van der Waals surface area contributed by atoms with Crippen LogP contribution in [0.1, 0.15) is 5.56 Å². The summed E-state index contributed by atoms with van der Waals surface area (Å²) in [6.07, 6.45) is -5.93. The van der Waals surface area contributed by atoms with E-state index < -0.39 is 36.7 Å². The number of ether oxygens (including phenoxy) is 5. The lowest BCUT2D eigenvalue weighted by molar-refractivity contribution is -0.271. The van der Waals surface area contributed by atoms with Crippen molar-refractivity contribution in [2.24, 2.45) is 0 Å². The fourth-order valence-corrected chi connectivity index (χ4v) is 2.85. The zero-order chi connectivity index (χ0) is 20.4. The predicted octanol–water partition coefficient (Wildman–Crippen LogP) is -1.09. The molecule has 2 aliphatic rings. The van der Waals surface area contributed by atoms with Gasteiger partial charge in [0.15, 0.2) is 17.6 Å². The number of methoxy groups -OCH3 is 1. The molecule has 0 saturated carbocycles. The monoisotopic (exact) mass is 398 g/mol. The highest BCUT2D eigenvalue weighted by atomic mass is 16.7. The van der Waals surface area contributed by atoms with Crippen LogP contribution < -0.4 is 18.9 Å². The number of hydrogen-bond donors (Lipinski definition) is 4. The zero-order valence-electron chi connectivity index (χ0n) is 14.5. The van der Waals surface area contributed by atoms with Crippen LogP contribution in [0, 0.1) is 0 Å². The van der Waals surface area contributed by atoms with Crippen molar-refractivity contribution in [3.8, 4) is 23.0 Å². The van der Waals surface area contributed by atoms with Crippen molar-refractivity contribution in [2.75, 3.05) is 13.9 Å². The summed E-state index contributed by atoms with van der Waals surface area (Å²) >= 11 is 0. The fraction of sp³-hybridized carbons (Fsp3) is 0.412. The number of benzene rings is 1. The number of allylic oxidation sites excluding steroid dienone is 1. The molecule has 28 heavy (non-hydrogen) atoms. The number of fused-ring (bicyclic) bond motifs is 1. The Hall–Kier alpha value is -2.86. The minimum absolute atomic E-state index is 0.0452. The molecule has 2 heterocycles. The van der Waals surface area contributed by atoms with E-state index in [-0.39, 0.29) is 29.6 Å². The van der Waals surface area contributed by atoms with Gasteiger partial charge in [-0.2, -0.15) is 0 Å². The van der Waals surface area contributed by atoms with E-state index >= 15 is 0 Å². The van der Waals surface area contributed by atoms with Crippen LogP contribution in [0.4, 0.5) is 0 Å². The second kappa shape index (κ2) is 8.02. The summed E-state index contributed by atoms with van der Waals surface area (Å²) in [6.45, 7) is -0.0828. The third kappa shape index (κ3) is 3.47. The summed E-state index contributed by atoms with van der Waals surface area (Å²) in [5.41, 5.74) is 0.275. The first-order valence-corrected chi connectivity index (χ1v) is 8.10. The molecule has 4 N–H and O–H groups in total. The molecular weight excluding hydrogens is 380 g/mol. The maximum absolute atomic E-state index is 11.3. The Morgan fingerprint density at radius 3 is 2.57 bits per heavy atom. The molecule has 0 spiro atoms. The Bertz CT molecular complexity index is 790. The van der Waals surface area contributed by atoms with E-state index in [4.69, 9.17) is 28.8 Å². The number of aliphatic hydroxyl groups is 3. The van der Waals surface area contributed by atoms with Gasteiger partial charge in [0.1, 0.15) is 24.6 Å². The number of aldehydes is 1. The smallest absolute Gasteiger partial charge is 0.335 e. The molecule has 1 aromatic carbocycles. The van der Waals surface area contributed by atoms with E-state index in [1.807, 2.05) is 0 Å². The first kappa shape index (κ1) is 19.9. The average Bonchev–Trinajstić information content (AvgIpc) is 3.14. The topological polar surface area (TPSA) is 161 Å². The van der Waals surface area contributed by atoms with Crippen LogP contribution in [0.3, 0.4) is 0 Å². The number of aliphatic hydroxyl groups excluding tert-OH is 3. The highest BCUT2D eigenvalue weighted by Gasteiger charge is 2.48. The molecule has 0 amide bonds. The van der Waals surface area contributed by atoms with Crippen molar-refractivity contribution in [3.05, 3.63) is 17.7 Å². The molecule has 152 valence electrons. The van der Waals surface area contributed by atoms with Crippen LogP contribution in [-0.2, 0) is 14.3 Å². The molecule has 5 unspecified atom stereocenters. The summed E-state index contributed by atoms with van der Waals surface area (Å²) in [7, 11) is 1.31. The van der Waals surface area contributed by atoms with Crippen molar-refractivity contribution >= 4 is 18.3 Å². The van der Waals surface area contributed by atoms with Gasteiger partial charge >= 0.3 is 5.97 Å². The Morgan fingerprint density at radius 2 is 1.93 bits per heavy atom. The number of carbonyl (C=O) groups is 2. The third-order valence-electron chi connectivity index (χ3n) is 4.21. The molecule has 0 radical (unpaired) electrons. The molecular formula is C17H18O11. The van der Waals surface area contributed by atoms with Gasteiger partial charge in [0.2, 0.25) is 24.6 Å². The van der Waals surface area contributed by atoms with Gasteiger partial charge in [0, 0.05) is 5.56 Å². The second-order valence-corrected chi connectivity index (χ2v) is 5.91. The zero-order valence-corrected chi connectivity index (χ0v) is 14.5.